The first-order chi connectivity index (χ1) is 12.4. The molecular weight excluding hydrogens is 350 g/mol. The SMILES string of the molecule is C[C@@H]1CS(=O)(=O)C[C@@H]1NC(=O)c1cc(-c2ccc3ccccc3c2)n[nH]1. The van der Waals surface area contributed by atoms with Gasteiger partial charge in [-0.15, -0.1) is 0 Å². The molecule has 4 rings (SSSR count). The second-order valence-corrected chi connectivity index (χ2v) is 9.02. The van der Waals surface area contributed by atoms with Crippen LogP contribution >= 0.6 is 0 Å². The van der Waals surface area contributed by atoms with Crippen LogP contribution in [-0.2, 0) is 9.84 Å². The van der Waals surface area contributed by atoms with Gasteiger partial charge in [0, 0.05) is 11.6 Å². The molecule has 1 amide bonds. The highest BCUT2D eigenvalue weighted by Crippen LogP contribution is 2.24. The molecule has 0 saturated carbocycles. The first kappa shape index (κ1) is 16.8. The Balaban J connectivity index is 1.54. The number of sulfone groups is 1. The van der Waals surface area contributed by atoms with Gasteiger partial charge in [-0.3, -0.25) is 9.89 Å². The van der Waals surface area contributed by atoms with Crippen LogP contribution in [0.15, 0.2) is 48.5 Å². The Morgan fingerprint density at radius 3 is 2.62 bits per heavy atom. The number of rotatable bonds is 3. The highest BCUT2D eigenvalue weighted by atomic mass is 32.2. The van der Waals surface area contributed by atoms with Crippen LogP contribution in [0.1, 0.15) is 17.4 Å². The lowest BCUT2D eigenvalue weighted by Gasteiger charge is -2.14. The van der Waals surface area contributed by atoms with Gasteiger partial charge < -0.3 is 5.32 Å². The van der Waals surface area contributed by atoms with Gasteiger partial charge in [0.25, 0.3) is 5.91 Å². The molecular formula is C19H19N3O3S. The molecule has 6 nitrogen and oxygen atoms in total. The minimum Gasteiger partial charge on any atom is -0.347 e. The Morgan fingerprint density at radius 1 is 1.12 bits per heavy atom. The molecule has 134 valence electrons. The number of nitrogens with zero attached hydrogens (tertiary/aromatic N) is 1. The Hall–Kier alpha value is -2.67. The maximum absolute atomic E-state index is 12.4. The van der Waals surface area contributed by atoms with Crippen molar-refractivity contribution < 1.29 is 13.2 Å². The molecule has 0 spiro atoms. The zero-order chi connectivity index (χ0) is 18.3. The van der Waals surface area contributed by atoms with Crippen LogP contribution in [0, 0.1) is 5.92 Å². The molecule has 2 heterocycles. The predicted molar refractivity (Wildman–Crippen MR) is 101 cm³/mol. The number of hydrogen-bond donors (Lipinski definition) is 2. The fourth-order valence-electron chi connectivity index (χ4n) is 3.39. The summed E-state index contributed by atoms with van der Waals surface area (Å²) in [6, 6.07) is 15.4. The van der Waals surface area contributed by atoms with Crippen LogP contribution in [0.25, 0.3) is 22.0 Å². The third kappa shape index (κ3) is 3.22. The van der Waals surface area contributed by atoms with E-state index in [4.69, 9.17) is 0 Å². The van der Waals surface area contributed by atoms with Crippen LogP contribution in [0.5, 0.6) is 0 Å². The van der Waals surface area contributed by atoms with Crippen LogP contribution in [0.4, 0.5) is 0 Å². The number of carbonyl (C=O) groups is 1. The van der Waals surface area contributed by atoms with Gasteiger partial charge >= 0.3 is 0 Å². The van der Waals surface area contributed by atoms with Crippen molar-refractivity contribution in [3.05, 3.63) is 54.2 Å². The number of fused-ring (bicyclic) bond motifs is 1. The van der Waals surface area contributed by atoms with Crippen molar-refractivity contribution in [2.24, 2.45) is 5.92 Å². The van der Waals surface area contributed by atoms with E-state index in [1.165, 1.54) is 0 Å². The summed E-state index contributed by atoms with van der Waals surface area (Å²) in [5, 5.41) is 12.0. The zero-order valence-corrected chi connectivity index (χ0v) is 15.1. The lowest BCUT2D eigenvalue weighted by molar-refractivity contribution is 0.0928. The highest BCUT2D eigenvalue weighted by molar-refractivity contribution is 7.91. The molecule has 0 aliphatic carbocycles. The molecule has 1 fully saturated rings. The number of aromatic nitrogens is 2. The van der Waals surface area contributed by atoms with Crippen molar-refractivity contribution in [2.45, 2.75) is 13.0 Å². The molecule has 1 saturated heterocycles. The van der Waals surface area contributed by atoms with Crippen molar-refractivity contribution in [2.75, 3.05) is 11.5 Å². The quantitative estimate of drug-likeness (QED) is 0.741. The summed E-state index contributed by atoms with van der Waals surface area (Å²) in [6.07, 6.45) is 0. The fraction of sp³-hybridized carbons (Fsp3) is 0.263. The van der Waals surface area contributed by atoms with E-state index in [2.05, 4.69) is 15.5 Å². The van der Waals surface area contributed by atoms with Gasteiger partial charge in [0.1, 0.15) is 5.69 Å². The van der Waals surface area contributed by atoms with Gasteiger partial charge in [0.05, 0.1) is 17.2 Å². The molecule has 1 aromatic heterocycles. The van der Waals surface area contributed by atoms with Crippen LogP contribution < -0.4 is 5.32 Å². The molecule has 7 heteroatoms. The largest absolute Gasteiger partial charge is 0.347 e. The summed E-state index contributed by atoms with van der Waals surface area (Å²) in [6.45, 7) is 1.84. The molecule has 2 aromatic carbocycles. The van der Waals surface area contributed by atoms with Crippen molar-refractivity contribution in [3.63, 3.8) is 0 Å². The van der Waals surface area contributed by atoms with Gasteiger partial charge in [-0.1, -0.05) is 43.3 Å². The van der Waals surface area contributed by atoms with Crippen LogP contribution in [0.3, 0.4) is 0 Å². The summed E-state index contributed by atoms with van der Waals surface area (Å²) < 4.78 is 23.4. The van der Waals surface area contributed by atoms with E-state index in [9.17, 15) is 13.2 Å². The second-order valence-electron chi connectivity index (χ2n) is 6.86. The minimum atomic E-state index is -3.07. The van der Waals surface area contributed by atoms with Crippen LogP contribution in [-0.4, -0.2) is 42.1 Å². The summed E-state index contributed by atoms with van der Waals surface area (Å²) in [4.78, 5) is 12.4. The maximum Gasteiger partial charge on any atom is 0.269 e. The van der Waals surface area contributed by atoms with Crippen molar-refractivity contribution in [1.29, 1.82) is 0 Å². The monoisotopic (exact) mass is 369 g/mol. The average molecular weight is 369 g/mol. The molecule has 3 aromatic rings. The number of H-pyrrole nitrogens is 1. The van der Waals surface area contributed by atoms with Crippen LogP contribution in [0.2, 0.25) is 0 Å². The number of nitrogens with one attached hydrogen (secondary N) is 2. The third-order valence-electron chi connectivity index (χ3n) is 4.82. The highest BCUT2D eigenvalue weighted by Gasteiger charge is 2.35. The smallest absolute Gasteiger partial charge is 0.269 e. The summed E-state index contributed by atoms with van der Waals surface area (Å²) in [7, 11) is -3.07. The van der Waals surface area contributed by atoms with Crippen molar-refractivity contribution in [1.82, 2.24) is 15.5 Å². The Kier molecular flexibility index (Phi) is 4.03. The molecule has 2 N–H and O–H groups in total. The molecule has 0 bridgehead atoms. The van der Waals surface area contributed by atoms with Gasteiger partial charge in [0.15, 0.2) is 9.84 Å². The lowest BCUT2D eigenvalue weighted by Crippen LogP contribution is -2.39. The van der Waals surface area contributed by atoms with Crippen molar-refractivity contribution >= 4 is 26.5 Å². The number of aromatic amines is 1. The van der Waals surface area contributed by atoms with E-state index in [-0.39, 0.29) is 29.4 Å². The Morgan fingerprint density at radius 2 is 1.88 bits per heavy atom. The van der Waals surface area contributed by atoms with E-state index in [1.807, 2.05) is 49.4 Å². The van der Waals surface area contributed by atoms with Gasteiger partial charge in [-0.2, -0.15) is 5.10 Å². The normalized spacial score (nSPS) is 21.7. The zero-order valence-electron chi connectivity index (χ0n) is 14.3. The minimum absolute atomic E-state index is 0.00836. The molecule has 2 atom stereocenters. The molecule has 1 aliphatic heterocycles. The number of hydrogen-bond acceptors (Lipinski definition) is 4. The molecule has 1 aliphatic rings. The number of benzene rings is 2. The van der Waals surface area contributed by atoms with E-state index in [0.29, 0.717) is 11.4 Å². The Bertz CT molecular complexity index is 1090. The predicted octanol–water partition coefficient (Wildman–Crippen LogP) is 2.39. The Labute approximate surface area is 151 Å². The van der Waals surface area contributed by atoms with E-state index in [0.717, 1.165) is 16.3 Å². The number of carbonyl (C=O) groups excluding carboxylic acids is 1. The maximum atomic E-state index is 12.4. The molecule has 26 heavy (non-hydrogen) atoms. The van der Waals surface area contributed by atoms with Gasteiger partial charge in [-0.05, 0) is 28.8 Å². The third-order valence-corrected chi connectivity index (χ3v) is 6.72. The first-order valence-corrected chi connectivity index (χ1v) is 10.3. The standard InChI is InChI=1S/C19H19N3O3S/c1-12-10-26(24,25)11-18(12)20-19(23)17-9-16(21-22-17)15-7-6-13-4-2-3-5-14(13)8-15/h2-9,12,18H,10-11H2,1H3,(H,20,23)(H,21,22)/t12-,18+/m1/s1. The summed E-state index contributed by atoms with van der Waals surface area (Å²) >= 11 is 0. The van der Waals surface area contributed by atoms with E-state index >= 15 is 0 Å². The topological polar surface area (TPSA) is 91.9 Å². The first-order valence-electron chi connectivity index (χ1n) is 8.47. The van der Waals surface area contributed by atoms with Gasteiger partial charge in [0.2, 0.25) is 0 Å². The van der Waals surface area contributed by atoms with E-state index < -0.39 is 9.84 Å². The van der Waals surface area contributed by atoms with Gasteiger partial charge in [-0.25, -0.2) is 8.42 Å². The van der Waals surface area contributed by atoms with E-state index in [1.54, 1.807) is 6.07 Å². The fourth-order valence-corrected chi connectivity index (χ4v) is 5.52. The lowest BCUT2D eigenvalue weighted by atomic mass is 10.0. The van der Waals surface area contributed by atoms with Crippen molar-refractivity contribution in [3.8, 4) is 11.3 Å². The summed E-state index contributed by atoms with van der Waals surface area (Å²) in [5.74, 6) is -0.320. The summed E-state index contributed by atoms with van der Waals surface area (Å²) in [5.41, 5.74) is 1.91. The average Bonchev–Trinajstić information content (AvgIpc) is 3.19. The second kappa shape index (κ2) is 6.25. The molecule has 0 radical (unpaired) electrons. The number of amides is 1. The molecule has 0 unspecified atom stereocenters.